The monoisotopic (exact) mass is 364 g/mol. The zero-order valence-corrected chi connectivity index (χ0v) is 15.8. The van der Waals surface area contributed by atoms with Crippen LogP contribution >= 0.6 is 0 Å². The van der Waals surface area contributed by atoms with Crippen molar-refractivity contribution < 1.29 is 28.7 Å². The van der Waals surface area contributed by atoms with Gasteiger partial charge >= 0.3 is 5.97 Å². The Labute approximate surface area is 152 Å². The van der Waals surface area contributed by atoms with Crippen LogP contribution in [0.15, 0.2) is 18.2 Å². The number of nitrogens with one attached hydrogen (secondary N) is 3. The maximum absolute atomic E-state index is 12.5. The lowest BCUT2D eigenvalue weighted by molar-refractivity contribution is -0.877. The van der Waals surface area contributed by atoms with Crippen molar-refractivity contribution in [1.29, 1.82) is 0 Å². The lowest BCUT2D eigenvalue weighted by Crippen LogP contribution is -3.11. The highest BCUT2D eigenvalue weighted by Gasteiger charge is 2.23. The summed E-state index contributed by atoms with van der Waals surface area (Å²) in [5.74, 6) is -0.752. The van der Waals surface area contributed by atoms with Gasteiger partial charge < -0.3 is 29.4 Å². The van der Waals surface area contributed by atoms with Crippen LogP contribution in [0.4, 0.5) is 5.69 Å². The Morgan fingerprint density at radius 1 is 1.23 bits per heavy atom. The average molecular weight is 364 g/mol. The molecular formula is C18H26N3O5+. The molecule has 0 aliphatic heterocycles. The smallest absolute Gasteiger partial charge is 0.356 e. The number of anilines is 1. The Morgan fingerprint density at radius 3 is 2.54 bits per heavy atom. The number of hydrogen-bond acceptors (Lipinski definition) is 5. The minimum Gasteiger partial charge on any atom is -0.464 e. The zero-order valence-electron chi connectivity index (χ0n) is 15.8. The number of ether oxygens (including phenoxy) is 3. The van der Waals surface area contributed by atoms with E-state index in [9.17, 15) is 9.59 Å². The maximum atomic E-state index is 12.5. The highest BCUT2D eigenvalue weighted by molar-refractivity contribution is 6.12. The molecule has 8 nitrogen and oxygen atoms in total. The number of fused-ring (bicyclic) bond motifs is 1. The predicted molar refractivity (Wildman–Crippen MR) is 97.4 cm³/mol. The highest BCUT2D eigenvalue weighted by atomic mass is 16.7. The molecule has 1 amide bonds. The van der Waals surface area contributed by atoms with Crippen molar-refractivity contribution in [3.8, 4) is 0 Å². The molecule has 2 aromatic rings. The normalized spacial score (nSPS) is 12.4. The van der Waals surface area contributed by atoms with Crippen LogP contribution in [0.3, 0.4) is 0 Å². The van der Waals surface area contributed by atoms with Gasteiger partial charge in [0.25, 0.3) is 5.91 Å². The van der Waals surface area contributed by atoms with E-state index in [4.69, 9.17) is 14.2 Å². The summed E-state index contributed by atoms with van der Waals surface area (Å²) in [5, 5.41) is 3.65. The van der Waals surface area contributed by atoms with Gasteiger partial charge in [0.1, 0.15) is 12.2 Å². The van der Waals surface area contributed by atoms with Crippen molar-refractivity contribution in [2.24, 2.45) is 0 Å². The SMILES string of the molecule is COC(=O)c1[nH]c2cccc(C)c2c1NC(=O)C[NH+](C)CC(OC)OC. The molecule has 0 spiro atoms. The third kappa shape index (κ3) is 4.40. The quantitative estimate of drug-likeness (QED) is 0.464. The summed E-state index contributed by atoms with van der Waals surface area (Å²) in [7, 11) is 6.28. The minimum atomic E-state index is -0.532. The Bertz CT molecular complexity index is 782. The lowest BCUT2D eigenvalue weighted by atomic mass is 10.1. The largest absolute Gasteiger partial charge is 0.464 e. The number of likely N-dealkylation sites (N-methyl/N-ethyl adjacent to an activating group) is 1. The van der Waals surface area contributed by atoms with Gasteiger partial charge in [-0.25, -0.2) is 4.79 Å². The van der Waals surface area contributed by atoms with Crippen molar-refractivity contribution >= 4 is 28.5 Å². The topological polar surface area (TPSA) is 94.1 Å². The van der Waals surface area contributed by atoms with Crippen molar-refractivity contribution in [3.05, 3.63) is 29.5 Å². The number of hydrogen-bond donors (Lipinski definition) is 3. The second-order valence-corrected chi connectivity index (χ2v) is 6.15. The number of aromatic nitrogens is 1. The van der Waals surface area contributed by atoms with Crippen LogP contribution in [-0.4, -0.2) is 64.6 Å². The average Bonchev–Trinajstić information content (AvgIpc) is 2.98. The van der Waals surface area contributed by atoms with Crippen molar-refractivity contribution in [2.75, 3.05) is 46.8 Å². The van der Waals surface area contributed by atoms with E-state index in [2.05, 4.69) is 10.3 Å². The molecule has 0 radical (unpaired) electrons. The van der Waals surface area contributed by atoms with E-state index in [0.29, 0.717) is 12.2 Å². The summed E-state index contributed by atoms with van der Waals surface area (Å²) >= 11 is 0. The van der Waals surface area contributed by atoms with E-state index in [1.807, 2.05) is 32.2 Å². The first-order chi connectivity index (χ1) is 12.4. The number of carbonyl (C=O) groups excluding carboxylic acids is 2. The second-order valence-electron chi connectivity index (χ2n) is 6.15. The molecule has 2 rings (SSSR count). The zero-order chi connectivity index (χ0) is 19.3. The van der Waals surface area contributed by atoms with Gasteiger partial charge in [-0.3, -0.25) is 4.79 Å². The summed E-state index contributed by atoms with van der Waals surface area (Å²) in [6.07, 6.45) is -0.385. The molecule has 1 unspecified atom stereocenters. The van der Waals surface area contributed by atoms with E-state index in [0.717, 1.165) is 21.4 Å². The molecule has 1 atom stereocenters. The molecule has 0 aliphatic carbocycles. The molecule has 0 saturated heterocycles. The first-order valence-electron chi connectivity index (χ1n) is 8.27. The molecular weight excluding hydrogens is 338 g/mol. The van der Waals surface area contributed by atoms with Crippen LogP contribution in [0.2, 0.25) is 0 Å². The Hall–Kier alpha value is -2.42. The van der Waals surface area contributed by atoms with Crippen molar-refractivity contribution in [2.45, 2.75) is 13.2 Å². The fourth-order valence-corrected chi connectivity index (χ4v) is 2.88. The summed E-state index contributed by atoms with van der Waals surface area (Å²) in [5.41, 5.74) is 2.39. The molecule has 3 N–H and O–H groups in total. The van der Waals surface area contributed by atoms with Gasteiger partial charge in [0, 0.05) is 25.1 Å². The van der Waals surface area contributed by atoms with Crippen LogP contribution in [0.5, 0.6) is 0 Å². The Morgan fingerprint density at radius 2 is 1.92 bits per heavy atom. The summed E-state index contributed by atoms with van der Waals surface area (Å²) in [6.45, 7) is 2.63. The number of aromatic amines is 1. The number of carbonyl (C=O) groups is 2. The van der Waals surface area contributed by atoms with E-state index in [-0.39, 0.29) is 24.4 Å². The van der Waals surface area contributed by atoms with Gasteiger partial charge in [0.05, 0.1) is 19.8 Å². The summed E-state index contributed by atoms with van der Waals surface area (Å²) in [4.78, 5) is 28.6. The van der Waals surface area contributed by atoms with Crippen molar-refractivity contribution in [1.82, 2.24) is 4.98 Å². The minimum absolute atomic E-state index is 0.197. The molecule has 142 valence electrons. The van der Waals surface area contributed by atoms with Crippen LogP contribution in [0.25, 0.3) is 10.9 Å². The Balaban J connectivity index is 2.23. The van der Waals surface area contributed by atoms with Crippen molar-refractivity contribution in [3.63, 3.8) is 0 Å². The van der Waals surface area contributed by atoms with Crippen LogP contribution in [0, 0.1) is 6.92 Å². The first-order valence-corrected chi connectivity index (χ1v) is 8.27. The third-order valence-corrected chi connectivity index (χ3v) is 4.19. The van der Waals surface area contributed by atoms with Gasteiger partial charge in [-0.1, -0.05) is 12.1 Å². The maximum Gasteiger partial charge on any atom is 0.356 e. The number of methoxy groups -OCH3 is 3. The van der Waals surface area contributed by atoms with E-state index in [1.54, 1.807) is 14.2 Å². The van der Waals surface area contributed by atoms with Crippen LogP contribution < -0.4 is 10.2 Å². The van der Waals surface area contributed by atoms with Crippen LogP contribution in [0.1, 0.15) is 16.1 Å². The fraction of sp³-hybridized carbons (Fsp3) is 0.444. The van der Waals surface area contributed by atoms with Gasteiger partial charge in [-0.2, -0.15) is 0 Å². The number of aryl methyl sites for hydroxylation is 1. The number of rotatable bonds is 8. The lowest BCUT2D eigenvalue weighted by Gasteiger charge is -2.19. The first kappa shape index (κ1) is 19.9. The van der Waals surface area contributed by atoms with Gasteiger partial charge in [-0.15, -0.1) is 0 Å². The number of H-pyrrole nitrogens is 1. The van der Waals surface area contributed by atoms with E-state index < -0.39 is 5.97 Å². The third-order valence-electron chi connectivity index (χ3n) is 4.19. The fourth-order valence-electron chi connectivity index (χ4n) is 2.88. The molecule has 8 heteroatoms. The number of esters is 1. The van der Waals surface area contributed by atoms with Crippen LogP contribution in [-0.2, 0) is 19.0 Å². The van der Waals surface area contributed by atoms with Gasteiger partial charge in [0.15, 0.2) is 6.54 Å². The second kappa shape index (κ2) is 8.79. The molecule has 1 heterocycles. The number of benzene rings is 1. The number of quaternary nitrogens is 1. The van der Waals surface area contributed by atoms with E-state index in [1.165, 1.54) is 7.11 Å². The standard InChI is InChI=1S/C18H25N3O5/c1-11-7-6-8-12-15(11)16(17(19-12)18(23)26-5)20-13(22)9-21(2)10-14(24-3)25-4/h6-8,14,19H,9-10H2,1-5H3,(H,20,22)/p+1. The number of amides is 1. The van der Waals surface area contributed by atoms with E-state index >= 15 is 0 Å². The van der Waals surface area contributed by atoms with Gasteiger partial charge in [0.2, 0.25) is 6.29 Å². The summed E-state index contributed by atoms with van der Waals surface area (Å²) < 4.78 is 15.1. The molecule has 0 aliphatic rings. The molecule has 0 bridgehead atoms. The molecule has 1 aromatic carbocycles. The Kier molecular flexibility index (Phi) is 6.73. The predicted octanol–water partition coefficient (Wildman–Crippen LogP) is 0.335. The summed E-state index contributed by atoms with van der Waals surface area (Å²) in [6, 6.07) is 5.66. The molecule has 26 heavy (non-hydrogen) atoms. The van der Waals surface area contributed by atoms with Gasteiger partial charge in [-0.05, 0) is 18.6 Å². The highest BCUT2D eigenvalue weighted by Crippen LogP contribution is 2.30. The molecule has 0 fully saturated rings. The molecule has 1 aromatic heterocycles. The molecule has 0 saturated carbocycles.